The van der Waals surface area contributed by atoms with Gasteiger partial charge in [-0.3, -0.25) is 4.79 Å². The lowest BCUT2D eigenvalue weighted by molar-refractivity contribution is -0.133. The predicted octanol–water partition coefficient (Wildman–Crippen LogP) is 3.31. The lowest BCUT2D eigenvalue weighted by Crippen LogP contribution is -2.40. The quantitative estimate of drug-likeness (QED) is 0.867. The molecule has 0 unspecified atom stereocenters. The zero-order valence-corrected chi connectivity index (χ0v) is 13.0. The Kier molecular flexibility index (Phi) is 4.94. The molecule has 0 bridgehead atoms. The van der Waals surface area contributed by atoms with Gasteiger partial charge in [0.05, 0.1) is 6.10 Å². The van der Waals surface area contributed by atoms with E-state index in [2.05, 4.69) is 12.2 Å². The van der Waals surface area contributed by atoms with E-state index >= 15 is 0 Å². The molecule has 0 spiro atoms. The van der Waals surface area contributed by atoms with Crippen LogP contribution in [0.2, 0.25) is 0 Å². The molecule has 3 rings (SSSR count). The first-order chi connectivity index (χ1) is 10.7. The van der Waals surface area contributed by atoms with Crippen LogP contribution in [0.5, 0.6) is 0 Å². The summed E-state index contributed by atoms with van der Waals surface area (Å²) in [5.74, 6) is 0.988. The minimum atomic E-state index is -0.406. The van der Waals surface area contributed by atoms with Gasteiger partial charge in [-0.2, -0.15) is 0 Å². The van der Waals surface area contributed by atoms with Crippen LogP contribution in [-0.2, 0) is 4.79 Å². The highest BCUT2D eigenvalue weighted by atomic mass is 16.3. The monoisotopic (exact) mass is 299 g/mol. The van der Waals surface area contributed by atoms with Crippen molar-refractivity contribution < 1.29 is 9.90 Å². The Labute approximate surface area is 132 Å². The molecule has 3 heteroatoms. The van der Waals surface area contributed by atoms with E-state index in [1.54, 1.807) is 0 Å². The van der Waals surface area contributed by atoms with Crippen molar-refractivity contribution in [3.63, 3.8) is 0 Å². The Morgan fingerprint density at radius 3 is 2.55 bits per heavy atom. The number of carbonyl (C=O) groups is 1. The van der Waals surface area contributed by atoms with E-state index in [0.29, 0.717) is 12.3 Å². The number of piperidine rings is 1. The number of aliphatic hydroxyl groups excluding tert-OH is 1. The fourth-order valence-electron chi connectivity index (χ4n) is 3.61. The van der Waals surface area contributed by atoms with Crippen LogP contribution >= 0.6 is 0 Å². The molecule has 0 radical (unpaired) electrons. The topological polar surface area (TPSA) is 40.5 Å². The Morgan fingerprint density at radius 2 is 1.91 bits per heavy atom. The predicted molar refractivity (Wildman–Crippen MR) is 87.2 cm³/mol. The third-order valence-corrected chi connectivity index (χ3v) is 5.03. The van der Waals surface area contributed by atoms with Crippen molar-refractivity contribution in [1.82, 2.24) is 4.90 Å². The van der Waals surface area contributed by atoms with Gasteiger partial charge >= 0.3 is 0 Å². The number of amides is 1. The summed E-state index contributed by atoms with van der Waals surface area (Å²) in [6.07, 6.45) is 8.63. The first-order valence-electron chi connectivity index (χ1n) is 8.41. The molecule has 1 aromatic carbocycles. The maximum absolute atomic E-state index is 12.3. The summed E-state index contributed by atoms with van der Waals surface area (Å²) in [6.45, 7) is 1.56. The summed E-state index contributed by atoms with van der Waals surface area (Å²) in [5.41, 5.74) is 0.989. The van der Waals surface area contributed by atoms with Crippen LogP contribution in [0.4, 0.5) is 0 Å². The van der Waals surface area contributed by atoms with E-state index in [1.165, 1.54) is 0 Å². The minimum absolute atomic E-state index is 0.262. The number of rotatable bonds is 4. The summed E-state index contributed by atoms with van der Waals surface area (Å²) in [6, 6.07) is 9.86. The van der Waals surface area contributed by atoms with Crippen molar-refractivity contribution in [2.45, 2.75) is 38.2 Å². The molecular formula is C19H25NO2. The number of allylic oxidation sites excluding steroid dienone is 2. The number of hydrogen-bond acceptors (Lipinski definition) is 2. The summed E-state index contributed by atoms with van der Waals surface area (Å²) in [4.78, 5) is 14.3. The molecule has 2 atom stereocenters. The molecule has 22 heavy (non-hydrogen) atoms. The van der Waals surface area contributed by atoms with Gasteiger partial charge in [0, 0.05) is 19.5 Å². The standard InChI is InChI=1S/C19H25NO2/c21-18(14-15-6-4-5-7-15)20-12-10-17(11-13-20)19(22)16-8-2-1-3-9-16/h1-4,6,8-9,15,17,19,22H,5,7,10-14H2/t15-,19+/m1/s1. The fraction of sp³-hybridized carbons (Fsp3) is 0.526. The summed E-state index contributed by atoms with van der Waals surface area (Å²) in [5, 5.41) is 10.5. The van der Waals surface area contributed by atoms with Crippen molar-refractivity contribution in [2.75, 3.05) is 13.1 Å². The van der Waals surface area contributed by atoms with Gasteiger partial charge in [-0.05, 0) is 43.1 Å². The van der Waals surface area contributed by atoms with Crippen molar-refractivity contribution in [2.24, 2.45) is 11.8 Å². The molecule has 1 heterocycles. The van der Waals surface area contributed by atoms with Gasteiger partial charge in [0.25, 0.3) is 0 Å². The SMILES string of the molecule is O=C(C[C@@H]1C=CCC1)N1CCC([C@@H](O)c2ccccc2)CC1. The number of benzene rings is 1. The fourth-order valence-corrected chi connectivity index (χ4v) is 3.61. The van der Waals surface area contributed by atoms with Crippen LogP contribution in [0, 0.1) is 11.8 Å². The van der Waals surface area contributed by atoms with Crippen LogP contribution in [0.25, 0.3) is 0 Å². The van der Waals surface area contributed by atoms with E-state index in [4.69, 9.17) is 0 Å². The van der Waals surface area contributed by atoms with E-state index in [9.17, 15) is 9.90 Å². The molecule has 1 aromatic rings. The van der Waals surface area contributed by atoms with Gasteiger partial charge in [0.2, 0.25) is 5.91 Å². The molecule has 1 amide bonds. The summed E-state index contributed by atoms with van der Waals surface area (Å²) in [7, 11) is 0. The lowest BCUT2D eigenvalue weighted by atomic mass is 9.87. The van der Waals surface area contributed by atoms with Crippen LogP contribution in [0.15, 0.2) is 42.5 Å². The van der Waals surface area contributed by atoms with Crippen molar-refractivity contribution in [3.05, 3.63) is 48.0 Å². The molecule has 0 saturated carbocycles. The van der Waals surface area contributed by atoms with Gasteiger partial charge < -0.3 is 10.0 Å². The van der Waals surface area contributed by atoms with Gasteiger partial charge in [0.1, 0.15) is 0 Å². The van der Waals surface area contributed by atoms with E-state index < -0.39 is 6.10 Å². The molecule has 1 fully saturated rings. The molecule has 1 saturated heterocycles. The summed E-state index contributed by atoms with van der Waals surface area (Å²) >= 11 is 0. The van der Waals surface area contributed by atoms with E-state index in [1.807, 2.05) is 35.2 Å². The summed E-state index contributed by atoms with van der Waals surface area (Å²) < 4.78 is 0. The lowest BCUT2D eigenvalue weighted by Gasteiger charge is -2.34. The normalized spacial score (nSPS) is 23.7. The van der Waals surface area contributed by atoms with Crippen LogP contribution in [0.1, 0.15) is 43.8 Å². The minimum Gasteiger partial charge on any atom is -0.388 e. The zero-order chi connectivity index (χ0) is 15.4. The molecule has 1 aliphatic carbocycles. The van der Waals surface area contributed by atoms with Gasteiger partial charge in [-0.15, -0.1) is 0 Å². The highest BCUT2D eigenvalue weighted by molar-refractivity contribution is 5.76. The number of carbonyl (C=O) groups excluding carboxylic acids is 1. The van der Waals surface area contributed by atoms with Crippen molar-refractivity contribution in [3.8, 4) is 0 Å². The van der Waals surface area contributed by atoms with E-state index in [-0.39, 0.29) is 11.8 Å². The number of likely N-dealkylation sites (tertiary alicyclic amines) is 1. The highest BCUT2D eigenvalue weighted by Crippen LogP contribution is 2.31. The maximum atomic E-state index is 12.3. The molecule has 1 N–H and O–H groups in total. The van der Waals surface area contributed by atoms with Gasteiger partial charge in [0.15, 0.2) is 0 Å². The second-order valence-corrected chi connectivity index (χ2v) is 6.54. The maximum Gasteiger partial charge on any atom is 0.223 e. The van der Waals surface area contributed by atoms with Crippen molar-refractivity contribution >= 4 is 5.91 Å². The average Bonchev–Trinajstić information content (AvgIpc) is 3.08. The Bertz CT molecular complexity index is 517. The Morgan fingerprint density at radius 1 is 1.18 bits per heavy atom. The van der Waals surface area contributed by atoms with Crippen LogP contribution in [-0.4, -0.2) is 29.0 Å². The van der Waals surface area contributed by atoms with Gasteiger partial charge in [-0.25, -0.2) is 0 Å². The first-order valence-corrected chi connectivity index (χ1v) is 8.41. The highest BCUT2D eigenvalue weighted by Gasteiger charge is 2.28. The Balaban J connectivity index is 1.49. The zero-order valence-electron chi connectivity index (χ0n) is 13.0. The number of nitrogens with zero attached hydrogens (tertiary/aromatic N) is 1. The Hall–Kier alpha value is -1.61. The van der Waals surface area contributed by atoms with Crippen LogP contribution < -0.4 is 0 Å². The second-order valence-electron chi connectivity index (χ2n) is 6.54. The second kappa shape index (κ2) is 7.10. The molecule has 1 aliphatic heterocycles. The third kappa shape index (κ3) is 3.58. The third-order valence-electron chi connectivity index (χ3n) is 5.03. The number of aliphatic hydroxyl groups is 1. The molecule has 0 aromatic heterocycles. The van der Waals surface area contributed by atoms with Crippen molar-refractivity contribution in [1.29, 1.82) is 0 Å². The molecule has 118 valence electrons. The van der Waals surface area contributed by atoms with Gasteiger partial charge in [-0.1, -0.05) is 42.5 Å². The molecule has 3 nitrogen and oxygen atoms in total. The van der Waals surface area contributed by atoms with Crippen LogP contribution in [0.3, 0.4) is 0 Å². The molecular weight excluding hydrogens is 274 g/mol. The largest absolute Gasteiger partial charge is 0.388 e. The molecule has 2 aliphatic rings. The number of hydrogen-bond donors (Lipinski definition) is 1. The smallest absolute Gasteiger partial charge is 0.223 e. The average molecular weight is 299 g/mol. The first kappa shape index (κ1) is 15.3. The van der Waals surface area contributed by atoms with E-state index in [0.717, 1.165) is 44.3 Å².